The molecule has 0 aromatic rings. The van der Waals surface area contributed by atoms with E-state index in [0.717, 1.165) is 19.3 Å². The smallest absolute Gasteiger partial charge is 0.305 e. The lowest BCUT2D eigenvalue weighted by atomic mass is 10.00. The number of aliphatic hydroxyl groups is 4. The van der Waals surface area contributed by atoms with Crippen molar-refractivity contribution < 1.29 is 52.4 Å². The summed E-state index contributed by atoms with van der Waals surface area (Å²) in [6.07, 6.45) is 3.43. The third-order valence-corrected chi connectivity index (χ3v) is 6.67. The minimum atomic E-state index is -4.53. The summed E-state index contributed by atoms with van der Waals surface area (Å²) in [5.41, 5.74) is 0. The maximum atomic E-state index is 11.8. The van der Waals surface area contributed by atoms with E-state index in [4.69, 9.17) is 18.8 Å². The standard InChI is InChI=1S/C23H44O11S/c1-2-3-4-5-6-7-8-9-10-11-12-13-19(25)32-14-17(24)15-33-23-22(28)21(27)20(26)18(34-23)16-35(29,30)31/h17-18,20-24,26-28H,2-16H2,1H3,(H,29,30,31)/t17?,18-,20-,21+,22+,23?/m1/s1. The average molecular weight is 529 g/mol. The van der Waals surface area contributed by atoms with Crippen LogP contribution in [0.25, 0.3) is 0 Å². The van der Waals surface area contributed by atoms with Crippen molar-refractivity contribution in [3.63, 3.8) is 0 Å². The molecule has 12 heteroatoms. The molecule has 0 radical (unpaired) electrons. The monoisotopic (exact) mass is 528 g/mol. The molecule has 1 rings (SSSR count). The topological polar surface area (TPSA) is 180 Å². The molecule has 0 amide bonds. The van der Waals surface area contributed by atoms with Crippen molar-refractivity contribution in [2.45, 2.75) is 121 Å². The zero-order chi connectivity index (χ0) is 26.3. The van der Waals surface area contributed by atoms with E-state index in [9.17, 15) is 33.6 Å². The lowest BCUT2D eigenvalue weighted by molar-refractivity contribution is -0.296. The molecule has 0 aromatic heterocycles. The van der Waals surface area contributed by atoms with Gasteiger partial charge in [-0.25, -0.2) is 0 Å². The predicted octanol–water partition coefficient (Wildman–Crippen LogP) is 1.30. The average Bonchev–Trinajstić information content (AvgIpc) is 2.80. The van der Waals surface area contributed by atoms with E-state index in [0.29, 0.717) is 6.42 Å². The number of esters is 1. The van der Waals surface area contributed by atoms with Gasteiger partial charge in [0, 0.05) is 6.42 Å². The largest absolute Gasteiger partial charge is 0.463 e. The molecule has 6 atom stereocenters. The molecule has 1 fully saturated rings. The van der Waals surface area contributed by atoms with Gasteiger partial charge in [-0.05, 0) is 6.42 Å². The molecular weight excluding hydrogens is 484 g/mol. The molecule has 35 heavy (non-hydrogen) atoms. The molecule has 0 spiro atoms. The van der Waals surface area contributed by atoms with Crippen LogP contribution in [-0.4, -0.2) is 95.1 Å². The van der Waals surface area contributed by atoms with Crippen LogP contribution >= 0.6 is 0 Å². The Morgan fingerprint density at radius 1 is 0.857 bits per heavy atom. The molecule has 0 aliphatic carbocycles. The van der Waals surface area contributed by atoms with Crippen molar-refractivity contribution in [3.05, 3.63) is 0 Å². The van der Waals surface area contributed by atoms with Gasteiger partial charge in [0.25, 0.3) is 10.1 Å². The van der Waals surface area contributed by atoms with Crippen LogP contribution in [0, 0.1) is 0 Å². The summed E-state index contributed by atoms with van der Waals surface area (Å²) in [6.45, 7) is 1.41. The molecule has 0 aromatic carbocycles. The first kappa shape index (κ1) is 32.2. The summed E-state index contributed by atoms with van der Waals surface area (Å²) in [6, 6.07) is 0. The van der Waals surface area contributed by atoms with Crippen LogP contribution < -0.4 is 0 Å². The summed E-state index contributed by atoms with van der Waals surface area (Å²) in [5, 5.41) is 39.6. The Kier molecular flexibility index (Phi) is 16.1. The van der Waals surface area contributed by atoms with E-state index in [2.05, 4.69) is 6.92 Å². The molecule has 1 aliphatic heterocycles. The highest BCUT2D eigenvalue weighted by atomic mass is 32.2. The van der Waals surface area contributed by atoms with Gasteiger partial charge >= 0.3 is 5.97 Å². The quantitative estimate of drug-likeness (QED) is 0.0926. The molecule has 2 unspecified atom stereocenters. The van der Waals surface area contributed by atoms with Crippen molar-refractivity contribution in [3.8, 4) is 0 Å². The van der Waals surface area contributed by atoms with Crippen LogP contribution in [0.5, 0.6) is 0 Å². The predicted molar refractivity (Wildman–Crippen MR) is 127 cm³/mol. The third-order valence-electron chi connectivity index (χ3n) is 5.92. The number of carbonyl (C=O) groups is 1. The molecule has 5 N–H and O–H groups in total. The van der Waals surface area contributed by atoms with Gasteiger partial charge in [0.05, 0.1) is 6.61 Å². The first-order valence-electron chi connectivity index (χ1n) is 12.6. The number of hydrogen-bond donors (Lipinski definition) is 5. The van der Waals surface area contributed by atoms with Crippen molar-refractivity contribution in [1.82, 2.24) is 0 Å². The lowest BCUT2D eigenvalue weighted by Crippen LogP contribution is -2.60. The number of rotatable bonds is 19. The van der Waals surface area contributed by atoms with E-state index in [1.165, 1.54) is 44.9 Å². The van der Waals surface area contributed by atoms with Gasteiger partial charge in [-0.15, -0.1) is 0 Å². The zero-order valence-electron chi connectivity index (χ0n) is 20.7. The summed E-state index contributed by atoms with van der Waals surface area (Å²) in [5.74, 6) is -1.46. The van der Waals surface area contributed by atoms with E-state index < -0.39 is 65.3 Å². The van der Waals surface area contributed by atoms with Crippen molar-refractivity contribution in [1.29, 1.82) is 0 Å². The molecule has 0 saturated carbocycles. The van der Waals surface area contributed by atoms with Crippen LogP contribution in [0.3, 0.4) is 0 Å². The van der Waals surface area contributed by atoms with Gasteiger partial charge < -0.3 is 34.6 Å². The van der Waals surface area contributed by atoms with Crippen molar-refractivity contribution in [2.75, 3.05) is 19.0 Å². The Morgan fingerprint density at radius 3 is 1.94 bits per heavy atom. The van der Waals surface area contributed by atoms with Gasteiger partial charge in [0.2, 0.25) is 0 Å². The molecule has 1 heterocycles. The maximum absolute atomic E-state index is 11.8. The highest BCUT2D eigenvalue weighted by molar-refractivity contribution is 7.85. The molecule has 1 saturated heterocycles. The van der Waals surface area contributed by atoms with Gasteiger partial charge in [-0.1, -0.05) is 71.1 Å². The highest BCUT2D eigenvalue weighted by Gasteiger charge is 2.45. The number of hydrogen-bond acceptors (Lipinski definition) is 10. The summed E-state index contributed by atoms with van der Waals surface area (Å²) in [7, 11) is -4.53. The van der Waals surface area contributed by atoms with Crippen molar-refractivity contribution >= 4 is 16.1 Å². The fraction of sp³-hybridized carbons (Fsp3) is 0.957. The highest BCUT2D eigenvalue weighted by Crippen LogP contribution is 2.23. The number of unbranched alkanes of at least 4 members (excludes halogenated alkanes) is 10. The summed E-state index contributed by atoms with van der Waals surface area (Å²) in [4.78, 5) is 11.8. The molecular formula is C23H44O11S. The molecule has 0 bridgehead atoms. The SMILES string of the molecule is CCCCCCCCCCCCCC(=O)OCC(O)COC1O[C@H](CS(=O)(=O)O)[C@@H](O)[C@H](O)[C@@H]1O. The van der Waals surface area contributed by atoms with E-state index in [1.54, 1.807) is 0 Å². The Hall–Kier alpha value is -0.860. The third kappa shape index (κ3) is 14.5. The fourth-order valence-electron chi connectivity index (χ4n) is 3.85. The van der Waals surface area contributed by atoms with Crippen LogP contribution in [0.15, 0.2) is 0 Å². The van der Waals surface area contributed by atoms with Crippen LogP contribution in [0.1, 0.15) is 84.0 Å². The Labute approximate surface area is 208 Å². The maximum Gasteiger partial charge on any atom is 0.305 e. The van der Waals surface area contributed by atoms with Crippen LogP contribution in [-0.2, 0) is 29.1 Å². The Balaban J connectivity index is 2.15. The number of aliphatic hydroxyl groups excluding tert-OH is 4. The second-order valence-corrected chi connectivity index (χ2v) is 10.7. The fourth-order valence-corrected chi connectivity index (χ4v) is 4.54. The number of carbonyl (C=O) groups excluding carboxylic acids is 1. The minimum Gasteiger partial charge on any atom is -0.463 e. The van der Waals surface area contributed by atoms with Gasteiger partial charge in [-0.3, -0.25) is 9.35 Å². The van der Waals surface area contributed by atoms with Crippen molar-refractivity contribution in [2.24, 2.45) is 0 Å². The van der Waals surface area contributed by atoms with E-state index >= 15 is 0 Å². The van der Waals surface area contributed by atoms with Gasteiger partial charge in [-0.2, -0.15) is 8.42 Å². The van der Waals surface area contributed by atoms with Crippen LogP contribution in [0.2, 0.25) is 0 Å². The molecule has 11 nitrogen and oxygen atoms in total. The van der Waals surface area contributed by atoms with Gasteiger partial charge in [0.1, 0.15) is 42.9 Å². The van der Waals surface area contributed by atoms with E-state index in [1.807, 2.05) is 0 Å². The molecule has 208 valence electrons. The second-order valence-electron chi connectivity index (χ2n) is 9.22. The lowest BCUT2D eigenvalue weighted by Gasteiger charge is -2.40. The number of ether oxygens (including phenoxy) is 3. The second kappa shape index (κ2) is 17.6. The first-order chi connectivity index (χ1) is 16.5. The minimum absolute atomic E-state index is 0.246. The van der Waals surface area contributed by atoms with E-state index in [-0.39, 0.29) is 13.0 Å². The zero-order valence-corrected chi connectivity index (χ0v) is 21.5. The van der Waals surface area contributed by atoms with Gasteiger partial charge in [0.15, 0.2) is 6.29 Å². The Morgan fingerprint density at radius 2 is 1.40 bits per heavy atom. The normalized spacial score (nSPS) is 25.9. The summed E-state index contributed by atoms with van der Waals surface area (Å²) >= 11 is 0. The molecule has 1 aliphatic rings. The first-order valence-corrected chi connectivity index (χ1v) is 14.3. The van der Waals surface area contributed by atoms with Crippen LogP contribution in [0.4, 0.5) is 0 Å². The summed E-state index contributed by atoms with van der Waals surface area (Å²) < 4.78 is 46.3. The Bertz CT molecular complexity index is 672.